The van der Waals surface area contributed by atoms with Gasteiger partial charge < -0.3 is 10.1 Å². The van der Waals surface area contributed by atoms with Crippen LogP contribution in [0.15, 0.2) is 60.8 Å². The zero-order chi connectivity index (χ0) is 20.5. The van der Waals surface area contributed by atoms with Gasteiger partial charge in [0.05, 0.1) is 18.9 Å². The van der Waals surface area contributed by atoms with E-state index in [-0.39, 0.29) is 11.7 Å². The number of ether oxygens (including phenoxy) is 1. The lowest BCUT2D eigenvalue weighted by molar-refractivity contribution is 0.0338. The molecule has 3 heterocycles. The van der Waals surface area contributed by atoms with Crippen molar-refractivity contribution in [3.8, 4) is 0 Å². The van der Waals surface area contributed by atoms with Crippen LogP contribution in [0.2, 0.25) is 0 Å². The van der Waals surface area contributed by atoms with Crippen molar-refractivity contribution >= 4 is 27.9 Å². The SMILES string of the molecule is O=C(Nc1cccc2ccccc12)c1nc(CN2CCOCC2)c2c(F)cccn12. The highest BCUT2D eigenvalue weighted by atomic mass is 19.1. The average Bonchev–Trinajstić information content (AvgIpc) is 3.14. The van der Waals surface area contributed by atoms with Gasteiger partial charge in [-0.15, -0.1) is 0 Å². The first-order valence-corrected chi connectivity index (χ1v) is 9.95. The van der Waals surface area contributed by atoms with E-state index in [1.807, 2.05) is 42.5 Å². The number of carbonyl (C=O) groups is 1. The van der Waals surface area contributed by atoms with Crippen LogP contribution in [-0.2, 0) is 11.3 Å². The third-order valence-corrected chi connectivity index (χ3v) is 5.41. The number of aromatic nitrogens is 2. The van der Waals surface area contributed by atoms with Crippen LogP contribution in [0, 0.1) is 5.82 Å². The van der Waals surface area contributed by atoms with E-state index in [4.69, 9.17) is 4.74 Å². The predicted octanol–water partition coefficient (Wildman–Crippen LogP) is 3.71. The molecule has 0 unspecified atom stereocenters. The lowest BCUT2D eigenvalue weighted by Crippen LogP contribution is -2.35. The number of imidazole rings is 1. The third kappa shape index (κ3) is 3.42. The third-order valence-electron chi connectivity index (χ3n) is 5.41. The number of halogens is 1. The smallest absolute Gasteiger partial charge is 0.292 e. The zero-order valence-electron chi connectivity index (χ0n) is 16.3. The number of fused-ring (bicyclic) bond motifs is 2. The van der Waals surface area contributed by atoms with Gasteiger partial charge in [0, 0.05) is 36.9 Å². The van der Waals surface area contributed by atoms with Gasteiger partial charge in [-0.25, -0.2) is 9.37 Å². The minimum atomic E-state index is -0.391. The summed E-state index contributed by atoms with van der Waals surface area (Å²) in [5, 5.41) is 4.92. The Balaban J connectivity index is 1.52. The number of morpholine rings is 1. The largest absolute Gasteiger partial charge is 0.379 e. The number of hydrogen-bond donors (Lipinski definition) is 1. The molecule has 2 aromatic heterocycles. The first-order valence-electron chi connectivity index (χ1n) is 9.95. The van der Waals surface area contributed by atoms with E-state index >= 15 is 0 Å². The molecule has 4 aromatic rings. The topological polar surface area (TPSA) is 58.9 Å². The lowest BCUT2D eigenvalue weighted by Gasteiger charge is -2.25. The van der Waals surface area contributed by atoms with Gasteiger partial charge >= 0.3 is 0 Å². The van der Waals surface area contributed by atoms with Crippen LogP contribution < -0.4 is 5.32 Å². The second-order valence-corrected chi connectivity index (χ2v) is 7.33. The van der Waals surface area contributed by atoms with Gasteiger partial charge in [0.2, 0.25) is 5.82 Å². The fraction of sp³-hybridized carbons (Fsp3) is 0.217. The quantitative estimate of drug-likeness (QED) is 0.563. The van der Waals surface area contributed by atoms with Crippen LogP contribution >= 0.6 is 0 Å². The highest BCUT2D eigenvalue weighted by Crippen LogP contribution is 2.25. The van der Waals surface area contributed by atoms with Crippen LogP contribution in [0.4, 0.5) is 10.1 Å². The molecular formula is C23H21FN4O2. The van der Waals surface area contributed by atoms with Crippen molar-refractivity contribution < 1.29 is 13.9 Å². The minimum Gasteiger partial charge on any atom is -0.379 e. The first kappa shape index (κ1) is 18.7. The molecule has 1 saturated heterocycles. The molecule has 0 atom stereocenters. The number of hydrogen-bond acceptors (Lipinski definition) is 4. The van der Waals surface area contributed by atoms with Crippen molar-refractivity contribution in [3.05, 3.63) is 78.1 Å². The molecule has 0 bridgehead atoms. The maximum Gasteiger partial charge on any atom is 0.292 e. The molecule has 152 valence electrons. The minimum absolute atomic E-state index is 0.167. The Morgan fingerprint density at radius 3 is 2.73 bits per heavy atom. The van der Waals surface area contributed by atoms with Crippen molar-refractivity contribution in [1.82, 2.24) is 14.3 Å². The van der Waals surface area contributed by atoms with E-state index in [2.05, 4.69) is 15.2 Å². The molecule has 1 fully saturated rings. The van der Waals surface area contributed by atoms with Crippen LogP contribution in [0.25, 0.3) is 16.3 Å². The summed E-state index contributed by atoms with van der Waals surface area (Å²) in [5.74, 6) is -0.599. The summed E-state index contributed by atoms with van der Waals surface area (Å²) in [5.41, 5.74) is 1.59. The Kier molecular flexibility index (Phi) is 4.90. The second-order valence-electron chi connectivity index (χ2n) is 7.33. The Bertz CT molecular complexity index is 1230. The van der Waals surface area contributed by atoms with Gasteiger partial charge in [-0.2, -0.15) is 0 Å². The molecule has 5 rings (SSSR count). The van der Waals surface area contributed by atoms with Gasteiger partial charge in [0.15, 0.2) is 0 Å². The Morgan fingerprint density at radius 1 is 1.07 bits per heavy atom. The molecule has 1 aliphatic rings. The van der Waals surface area contributed by atoms with Gasteiger partial charge in [0.25, 0.3) is 5.91 Å². The average molecular weight is 404 g/mol. The number of pyridine rings is 1. The van der Waals surface area contributed by atoms with Crippen LogP contribution in [0.3, 0.4) is 0 Å². The maximum absolute atomic E-state index is 14.7. The van der Waals surface area contributed by atoms with E-state index in [9.17, 15) is 9.18 Å². The van der Waals surface area contributed by atoms with E-state index in [1.54, 1.807) is 12.3 Å². The second kappa shape index (κ2) is 7.85. The highest BCUT2D eigenvalue weighted by Gasteiger charge is 2.22. The Labute approximate surface area is 172 Å². The standard InChI is InChI=1S/C23H21FN4O2/c24-18-8-4-10-28-21(18)20(15-27-11-13-30-14-12-27)25-22(28)23(29)26-19-9-3-6-16-5-1-2-7-17(16)19/h1-10H,11-15H2,(H,26,29). The van der Waals surface area contributed by atoms with Crippen molar-refractivity contribution in [3.63, 3.8) is 0 Å². The predicted molar refractivity (Wildman–Crippen MR) is 113 cm³/mol. The zero-order valence-corrected chi connectivity index (χ0v) is 16.3. The highest BCUT2D eigenvalue weighted by molar-refractivity contribution is 6.08. The van der Waals surface area contributed by atoms with Gasteiger partial charge in [-0.3, -0.25) is 14.1 Å². The molecule has 6 nitrogen and oxygen atoms in total. The lowest BCUT2D eigenvalue weighted by atomic mass is 10.1. The monoisotopic (exact) mass is 404 g/mol. The molecule has 0 aliphatic carbocycles. The number of amides is 1. The molecule has 0 spiro atoms. The maximum atomic E-state index is 14.7. The number of nitrogens with one attached hydrogen (secondary N) is 1. The molecule has 7 heteroatoms. The molecule has 1 amide bonds. The summed E-state index contributed by atoms with van der Waals surface area (Å²) < 4.78 is 21.6. The molecule has 0 saturated carbocycles. The van der Waals surface area contributed by atoms with Gasteiger partial charge in [-0.05, 0) is 23.6 Å². The summed E-state index contributed by atoms with van der Waals surface area (Å²) in [4.78, 5) is 19.8. The number of anilines is 1. The molecule has 1 N–H and O–H groups in total. The van der Waals surface area contributed by atoms with Gasteiger partial charge in [0.1, 0.15) is 11.3 Å². The van der Waals surface area contributed by atoms with Crippen molar-refractivity contribution in [2.24, 2.45) is 0 Å². The van der Waals surface area contributed by atoms with E-state index < -0.39 is 5.82 Å². The summed E-state index contributed by atoms with van der Waals surface area (Å²) >= 11 is 0. The summed E-state index contributed by atoms with van der Waals surface area (Å²) in [6.07, 6.45) is 1.67. The first-order chi connectivity index (χ1) is 14.7. The molecular weight excluding hydrogens is 383 g/mol. The van der Waals surface area contributed by atoms with E-state index in [0.717, 1.165) is 23.9 Å². The number of carbonyl (C=O) groups excluding carboxylic acids is 1. The normalized spacial score (nSPS) is 15.0. The van der Waals surface area contributed by atoms with E-state index in [0.29, 0.717) is 36.7 Å². The van der Waals surface area contributed by atoms with Crippen molar-refractivity contribution in [2.45, 2.75) is 6.54 Å². The van der Waals surface area contributed by atoms with Crippen molar-refractivity contribution in [2.75, 3.05) is 31.6 Å². The Hall–Kier alpha value is -3.29. The Morgan fingerprint density at radius 2 is 1.87 bits per heavy atom. The fourth-order valence-corrected chi connectivity index (χ4v) is 3.92. The number of benzene rings is 2. The summed E-state index contributed by atoms with van der Waals surface area (Å²) in [6.45, 7) is 3.26. The molecule has 2 aromatic carbocycles. The fourth-order valence-electron chi connectivity index (χ4n) is 3.92. The molecule has 30 heavy (non-hydrogen) atoms. The van der Waals surface area contributed by atoms with Crippen LogP contribution in [0.5, 0.6) is 0 Å². The van der Waals surface area contributed by atoms with E-state index in [1.165, 1.54) is 10.5 Å². The van der Waals surface area contributed by atoms with Gasteiger partial charge in [-0.1, -0.05) is 36.4 Å². The number of rotatable bonds is 4. The van der Waals surface area contributed by atoms with Crippen molar-refractivity contribution in [1.29, 1.82) is 0 Å². The number of nitrogens with zero attached hydrogens (tertiary/aromatic N) is 3. The summed E-state index contributed by atoms with van der Waals surface area (Å²) in [7, 11) is 0. The molecule has 0 radical (unpaired) electrons. The summed E-state index contributed by atoms with van der Waals surface area (Å²) in [6, 6.07) is 16.5. The molecule has 1 aliphatic heterocycles. The van der Waals surface area contributed by atoms with Crippen LogP contribution in [-0.4, -0.2) is 46.5 Å². The van der Waals surface area contributed by atoms with Crippen LogP contribution in [0.1, 0.15) is 16.3 Å².